The van der Waals surface area contributed by atoms with Gasteiger partial charge in [0.15, 0.2) is 6.61 Å². The maximum atomic E-state index is 12.8. The van der Waals surface area contributed by atoms with Crippen LogP contribution in [0.25, 0.3) is 0 Å². The van der Waals surface area contributed by atoms with Gasteiger partial charge < -0.3 is 10.1 Å². The van der Waals surface area contributed by atoms with E-state index >= 15 is 0 Å². The molecule has 0 heterocycles. The number of rotatable bonds is 7. The van der Waals surface area contributed by atoms with Crippen LogP contribution in [0.3, 0.4) is 0 Å². The van der Waals surface area contributed by atoms with Crippen LogP contribution >= 0.6 is 23.2 Å². The fourth-order valence-electron chi connectivity index (χ4n) is 3.22. The predicted molar refractivity (Wildman–Crippen MR) is 115 cm³/mol. The zero-order chi connectivity index (χ0) is 23.5. The van der Waals surface area contributed by atoms with Crippen LogP contribution in [0.1, 0.15) is 31.2 Å². The average Bonchev–Trinajstić information content (AvgIpc) is 3.20. The Kier molecular flexibility index (Phi) is 7.59. The van der Waals surface area contributed by atoms with Gasteiger partial charge in [0.25, 0.3) is 5.91 Å². The summed E-state index contributed by atoms with van der Waals surface area (Å²) in [6, 6.07) is 6.22. The summed E-state index contributed by atoms with van der Waals surface area (Å²) in [4.78, 5) is 12.1. The Morgan fingerprint density at radius 2 is 1.75 bits per heavy atom. The standard InChI is InChI=1S/C20H19Cl2F3N2O4S/c21-15-7-5-12(20(23,24)25)9-17(15)26-19(28)11-31-18-8-6-14(10-16(18)22)32(29,30)27-13-3-1-2-4-13/h5-10,13,27H,1-4,11H2,(H,26,28). The Morgan fingerprint density at radius 1 is 1.06 bits per heavy atom. The maximum absolute atomic E-state index is 12.8. The molecule has 0 radical (unpaired) electrons. The van der Waals surface area contributed by atoms with Gasteiger partial charge in [0.1, 0.15) is 5.75 Å². The lowest BCUT2D eigenvalue weighted by Gasteiger charge is -2.14. The van der Waals surface area contributed by atoms with Crippen molar-refractivity contribution in [3.8, 4) is 5.75 Å². The van der Waals surface area contributed by atoms with Crippen LogP contribution < -0.4 is 14.8 Å². The molecule has 0 aliphatic heterocycles. The third-order valence-electron chi connectivity index (χ3n) is 4.82. The summed E-state index contributed by atoms with van der Waals surface area (Å²) >= 11 is 11.9. The summed E-state index contributed by atoms with van der Waals surface area (Å²) in [5, 5.41) is 2.13. The fourth-order valence-corrected chi connectivity index (χ4v) is 5.02. The van der Waals surface area contributed by atoms with Gasteiger partial charge in [-0.2, -0.15) is 13.2 Å². The van der Waals surface area contributed by atoms with Crippen molar-refractivity contribution in [1.29, 1.82) is 0 Å². The number of carbonyl (C=O) groups excluding carboxylic acids is 1. The summed E-state index contributed by atoms with van der Waals surface area (Å²) in [6.07, 6.45) is -1.11. The third-order valence-corrected chi connectivity index (χ3v) is 6.96. The van der Waals surface area contributed by atoms with Crippen molar-refractivity contribution in [3.05, 3.63) is 52.0 Å². The molecule has 174 valence electrons. The van der Waals surface area contributed by atoms with E-state index in [1.807, 2.05) is 0 Å². The molecule has 0 unspecified atom stereocenters. The van der Waals surface area contributed by atoms with Gasteiger partial charge in [-0.15, -0.1) is 0 Å². The highest BCUT2D eigenvalue weighted by molar-refractivity contribution is 7.89. The number of benzene rings is 2. The number of ether oxygens (including phenoxy) is 1. The van der Waals surface area contributed by atoms with Crippen LogP contribution in [0.15, 0.2) is 41.3 Å². The first-order valence-electron chi connectivity index (χ1n) is 9.57. The van der Waals surface area contributed by atoms with Crippen LogP contribution in [0.2, 0.25) is 10.0 Å². The molecule has 2 aromatic rings. The van der Waals surface area contributed by atoms with Crippen molar-refractivity contribution in [2.45, 2.75) is 42.8 Å². The minimum Gasteiger partial charge on any atom is -0.482 e. The second kappa shape index (κ2) is 9.86. The second-order valence-corrected chi connectivity index (χ2v) is 9.75. The SMILES string of the molecule is O=C(COc1ccc(S(=O)(=O)NC2CCCC2)cc1Cl)Nc1cc(C(F)(F)F)ccc1Cl. The van der Waals surface area contributed by atoms with Crippen LogP contribution in [0.4, 0.5) is 18.9 Å². The zero-order valence-corrected chi connectivity index (χ0v) is 18.8. The quantitative estimate of drug-likeness (QED) is 0.532. The first-order chi connectivity index (χ1) is 15.0. The van der Waals surface area contributed by atoms with Crippen LogP contribution in [-0.2, 0) is 21.0 Å². The molecule has 1 saturated carbocycles. The number of nitrogens with one attached hydrogen (secondary N) is 2. The number of alkyl halides is 3. The third kappa shape index (κ3) is 6.28. The van der Waals surface area contributed by atoms with Gasteiger partial charge in [-0.05, 0) is 49.2 Å². The summed E-state index contributed by atoms with van der Waals surface area (Å²) in [5.41, 5.74) is -1.19. The van der Waals surface area contributed by atoms with Crippen molar-refractivity contribution < 1.29 is 31.1 Å². The molecule has 2 N–H and O–H groups in total. The van der Waals surface area contributed by atoms with Gasteiger partial charge in [-0.3, -0.25) is 4.79 Å². The molecule has 0 atom stereocenters. The Bertz CT molecular complexity index is 1100. The molecule has 0 aromatic heterocycles. The molecule has 1 aliphatic carbocycles. The summed E-state index contributed by atoms with van der Waals surface area (Å²) in [7, 11) is -3.75. The molecule has 12 heteroatoms. The molecule has 32 heavy (non-hydrogen) atoms. The van der Waals surface area contributed by atoms with Crippen molar-refractivity contribution in [2.75, 3.05) is 11.9 Å². The zero-order valence-electron chi connectivity index (χ0n) is 16.5. The van der Waals surface area contributed by atoms with Crippen molar-refractivity contribution >= 4 is 44.8 Å². The smallest absolute Gasteiger partial charge is 0.416 e. The Labute approximate surface area is 193 Å². The number of hydrogen-bond donors (Lipinski definition) is 2. The molecule has 1 fully saturated rings. The van der Waals surface area contributed by atoms with E-state index in [-0.39, 0.29) is 32.4 Å². The monoisotopic (exact) mass is 510 g/mol. The number of carbonyl (C=O) groups is 1. The van der Waals surface area contributed by atoms with E-state index in [1.165, 1.54) is 18.2 Å². The van der Waals surface area contributed by atoms with E-state index in [0.29, 0.717) is 6.07 Å². The van der Waals surface area contributed by atoms with Gasteiger partial charge in [-0.1, -0.05) is 36.0 Å². The lowest BCUT2D eigenvalue weighted by atomic mass is 10.2. The molecule has 0 bridgehead atoms. The van der Waals surface area contributed by atoms with E-state index in [0.717, 1.165) is 37.8 Å². The molecule has 0 spiro atoms. The maximum Gasteiger partial charge on any atom is 0.416 e. The van der Waals surface area contributed by atoms with Crippen LogP contribution in [-0.4, -0.2) is 27.0 Å². The van der Waals surface area contributed by atoms with E-state index in [4.69, 9.17) is 27.9 Å². The highest BCUT2D eigenvalue weighted by Gasteiger charge is 2.31. The molecule has 1 aliphatic rings. The molecule has 6 nitrogen and oxygen atoms in total. The highest BCUT2D eigenvalue weighted by atomic mass is 35.5. The van der Waals surface area contributed by atoms with Gasteiger partial charge in [-0.25, -0.2) is 13.1 Å². The van der Waals surface area contributed by atoms with Crippen LogP contribution in [0.5, 0.6) is 5.75 Å². The Balaban J connectivity index is 1.63. The number of halogens is 5. The van der Waals surface area contributed by atoms with E-state index in [9.17, 15) is 26.4 Å². The predicted octanol–water partition coefficient (Wildman–Crippen LogP) is 5.25. The minimum absolute atomic E-state index is 0.0378. The topological polar surface area (TPSA) is 84.5 Å². The lowest BCUT2D eigenvalue weighted by Crippen LogP contribution is -2.32. The molecular weight excluding hydrogens is 492 g/mol. The normalized spacial score (nSPS) is 15.0. The molecule has 3 rings (SSSR count). The van der Waals surface area contributed by atoms with Gasteiger partial charge in [0.2, 0.25) is 10.0 Å². The minimum atomic E-state index is -4.59. The van der Waals surface area contributed by atoms with Gasteiger partial charge >= 0.3 is 6.18 Å². The number of sulfonamides is 1. The van der Waals surface area contributed by atoms with Crippen LogP contribution in [0, 0.1) is 0 Å². The van der Waals surface area contributed by atoms with Crippen molar-refractivity contribution in [1.82, 2.24) is 4.72 Å². The van der Waals surface area contributed by atoms with Gasteiger partial charge in [0.05, 0.1) is 26.2 Å². The lowest BCUT2D eigenvalue weighted by molar-refractivity contribution is -0.137. The van der Waals surface area contributed by atoms with Crippen molar-refractivity contribution in [3.63, 3.8) is 0 Å². The Hall–Kier alpha value is -2.01. The van der Waals surface area contributed by atoms with E-state index in [1.54, 1.807) is 0 Å². The van der Waals surface area contributed by atoms with E-state index < -0.39 is 34.3 Å². The van der Waals surface area contributed by atoms with E-state index in [2.05, 4.69) is 10.0 Å². The first-order valence-corrected chi connectivity index (χ1v) is 11.8. The molecule has 2 aromatic carbocycles. The van der Waals surface area contributed by atoms with Gasteiger partial charge in [0, 0.05) is 6.04 Å². The number of hydrogen-bond acceptors (Lipinski definition) is 4. The second-order valence-electron chi connectivity index (χ2n) is 7.22. The summed E-state index contributed by atoms with van der Waals surface area (Å²) in [5.74, 6) is -0.737. The first kappa shape index (κ1) is 24.6. The fraction of sp³-hybridized carbons (Fsp3) is 0.350. The highest BCUT2D eigenvalue weighted by Crippen LogP contribution is 2.34. The summed E-state index contributed by atoms with van der Waals surface area (Å²) in [6.45, 7) is -0.585. The number of anilines is 1. The van der Waals surface area contributed by atoms with Crippen molar-refractivity contribution in [2.24, 2.45) is 0 Å². The number of amides is 1. The summed E-state index contributed by atoms with van der Waals surface area (Å²) < 4.78 is 71.4. The molecule has 0 saturated heterocycles. The average molecular weight is 511 g/mol. The Morgan fingerprint density at radius 3 is 2.38 bits per heavy atom. The molecule has 1 amide bonds. The largest absolute Gasteiger partial charge is 0.482 e. The molecular formula is C20H19Cl2F3N2O4S.